The molecule has 0 bridgehead atoms. The number of rotatable bonds is 3. The Morgan fingerprint density at radius 3 is 2.55 bits per heavy atom. The largest absolute Gasteiger partial charge is 0.366 e. The third-order valence-corrected chi connectivity index (χ3v) is 5.83. The summed E-state index contributed by atoms with van der Waals surface area (Å²) < 4.78 is 0. The highest BCUT2D eigenvalue weighted by atomic mass is 35.5. The highest BCUT2D eigenvalue weighted by molar-refractivity contribution is 6.42. The van der Waals surface area contributed by atoms with E-state index in [9.17, 15) is 10.1 Å². The first-order chi connectivity index (χ1) is 13.6. The molecule has 0 spiro atoms. The van der Waals surface area contributed by atoms with Crippen molar-refractivity contribution in [1.82, 2.24) is 0 Å². The van der Waals surface area contributed by atoms with Crippen molar-refractivity contribution in [3.63, 3.8) is 0 Å². The number of nitrogens with one attached hydrogen (secondary N) is 1. The summed E-state index contributed by atoms with van der Waals surface area (Å²) in [6.45, 7) is 6.39. The zero-order valence-corrected chi connectivity index (χ0v) is 18.2. The number of halogens is 2. The number of nitrogens with zero attached hydrogens (tertiary/aromatic N) is 2. The van der Waals surface area contributed by atoms with Gasteiger partial charge in [-0.3, -0.25) is 4.79 Å². The lowest BCUT2D eigenvalue weighted by Gasteiger charge is -2.40. The van der Waals surface area contributed by atoms with Crippen LogP contribution in [0.2, 0.25) is 10.0 Å². The van der Waals surface area contributed by atoms with E-state index in [2.05, 4.69) is 44.1 Å². The van der Waals surface area contributed by atoms with Gasteiger partial charge in [-0.1, -0.05) is 35.3 Å². The molecule has 29 heavy (non-hydrogen) atoms. The van der Waals surface area contributed by atoms with Crippen molar-refractivity contribution in [1.29, 1.82) is 5.26 Å². The molecular weight excluding hydrogens is 405 g/mol. The number of fused-ring (bicyclic) bond motifs is 1. The van der Waals surface area contributed by atoms with Crippen molar-refractivity contribution < 1.29 is 4.79 Å². The molecule has 1 N–H and O–H groups in total. The van der Waals surface area contributed by atoms with Gasteiger partial charge in [-0.2, -0.15) is 5.26 Å². The number of carbonyl (C=O) groups is 1. The molecule has 0 unspecified atom stereocenters. The SMILES string of the molecule is CC1=CC(C)(C)N(C)c2ccc(/C=C(/C#N)C(=O)Nc3ccc(Cl)c(Cl)c3)cc21. The van der Waals surface area contributed by atoms with Crippen molar-refractivity contribution in [3.8, 4) is 6.07 Å². The molecule has 1 heterocycles. The van der Waals surface area contributed by atoms with E-state index >= 15 is 0 Å². The van der Waals surface area contributed by atoms with Crippen LogP contribution in [0.4, 0.5) is 11.4 Å². The fourth-order valence-corrected chi connectivity index (χ4v) is 3.65. The molecule has 0 saturated heterocycles. The van der Waals surface area contributed by atoms with E-state index in [1.165, 1.54) is 0 Å². The van der Waals surface area contributed by atoms with E-state index in [0.29, 0.717) is 15.7 Å². The van der Waals surface area contributed by atoms with Gasteiger partial charge in [0.25, 0.3) is 5.91 Å². The van der Waals surface area contributed by atoms with Crippen molar-refractivity contribution >= 4 is 52.1 Å². The van der Waals surface area contributed by atoms with Gasteiger partial charge in [0.1, 0.15) is 11.6 Å². The molecule has 0 atom stereocenters. The van der Waals surface area contributed by atoms with Crippen molar-refractivity contribution in [2.45, 2.75) is 26.3 Å². The van der Waals surface area contributed by atoms with Crippen LogP contribution in [0.5, 0.6) is 0 Å². The molecule has 1 aliphatic heterocycles. The maximum absolute atomic E-state index is 12.5. The monoisotopic (exact) mass is 425 g/mol. The second kappa shape index (κ2) is 7.94. The molecule has 2 aromatic carbocycles. The molecule has 148 valence electrons. The first kappa shape index (κ1) is 21.0. The quantitative estimate of drug-likeness (QED) is 0.472. The summed E-state index contributed by atoms with van der Waals surface area (Å²) >= 11 is 11.9. The summed E-state index contributed by atoms with van der Waals surface area (Å²) in [7, 11) is 2.06. The number of likely N-dealkylation sites (N-methyl/N-ethyl adjacent to an activating group) is 1. The minimum atomic E-state index is -0.505. The Bertz CT molecular complexity index is 1090. The number of hydrogen-bond donors (Lipinski definition) is 1. The maximum Gasteiger partial charge on any atom is 0.266 e. The molecule has 6 heteroatoms. The fraction of sp³-hybridized carbons (Fsp3) is 0.217. The number of allylic oxidation sites excluding steroid dienone is 1. The summed E-state index contributed by atoms with van der Waals surface area (Å²) in [5.41, 5.74) is 4.54. The average Bonchev–Trinajstić information content (AvgIpc) is 2.67. The summed E-state index contributed by atoms with van der Waals surface area (Å²) in [6.07, 6.45) is 3.80. The smallest absolute Gasteiger partial charge is 0.266 e. The maximum atomic E-state index is 12.5. The topological polar surface area (TPSA) is 56.1 Å². The minimum absolute atomic E-state index is 0.00199. The summed E-state index contributed by atoms with van der Waals surface area (Å²) in [5, 5.41) is 12.9. The van der Waals surface area contributed by atoms with Crippen LogP contribution >= 0.6 is 23.2 Å². The highest BCUT2D eigenvalue weighted by Crippen LogP contribution is 2.38. The van der Waals surface area contributed by atoms with Crippen molar-refractivity contribution in [2.75, 3.05) is 17.3 Å². The number of benzene rings is 2. The van der Waals surface area contributed by atoms with Gasteiger partial charge in [0.05, 0.1) is 15.6 Å². The third-order valence-electron chi connectivity index (χ3n) is 5.09. The first-order valence-electron chi connectivity index (χ1n) is 9.08. The Labute approximate surface area is 181 Å². The molecule has 0 fully saturated rings. The first-order valence-corrected chi connectivity index (χ1v) is 9.84. The molecule has 0 saturated carbocycles. The predicted octanol–water partition coefficient (Wildman–Crippen LogP) is 6.17. The van der Waals surface area contributed by atoms with Crippen LogP contribution in [-0.4, -0.2) is 18.5 Å². The van der Waals surface area contributed by atoms with E-state index in [1.54, 1.807) is 24.3 Å². The Balaban J connectivity index is 1.90. The lowest BCUT2D eigenvalue weighted by Crippen LogP contribution is -2.42. The van der Waals surface area contributed by atoms with Crippen LogP contribution in [0.1, 0.15) is 31.9 Å². The Morgan fingerprint density at radius 2 is 1.90 bits per heavy atom. The van der Waals surface area contributed by atoms with Gasteiger partial charge in [0.2, 0.25) is 0 Å². The van der Waals surface area contributed by atoms with E-state index in [0.717, 1.165) is 22.4 Å². The highest BCUT2D eigenvalue weighted by Gasteiger charge is 2.28. The van der Waals surface area contributed by atoms with Gasteiger partial charge in [0.15, 0.2) is 0 Å². The number of anilines is 2. The Morgan fingerprint density at radius 1 is 1.17 bits per heavy atom. The zero-order valence-electron chi connectivity index (χ0n) is 16.7. The third kappa shape index (κ3) is 4.32. The van der Waals surface area contributed by atoms with Crippen LogP contribution in [0.15, 0.2) is 48.0 Å². The van der Waals surface area contributed by atoms with E-state index in [4.69, 9.17) is 23.2 Å². The van der Waals surface area contributed by atoms with Crippen molar-refractivity contribution in [2.24, 2.45) is 0 Å². The molecule has 1 amide bonds. The number of amides is 1. The lowest BCUT2D eigenvalue weighted by molar-refractivity contribution is -0.112. The molecule has 4 nitrogen and oxygen atoms in total. The second-order valence-electron chi connectivity index (χ2n) is 7.57. The van der Waals surface area contributed by atoms with Gasteiger partial charge < -0.3 is 10.2 Å². The second-order valence-corrected chi connectivity index (χ2v) is 8.38. The molecule has 0 aliphatic carbocycles. The molecule has 0 aromatic heterocycles. The van der Waals surface area contributed by atoms with Gasteiger partial charge in [0, 0.05) is 24.0 Å². The average molecular weight is 426 g/mol. The standard InChI is InChI=1S/C23H21Cl2N3O/c1-14-12-23(2,3)28(4)21-8-5-15(10-18(14)21)9-16(13-26)22(29)27-17-6-7-19(24)20(25)11-17/h5-12H,1-4H3,(H,27,29)/b16-9-. The normalized spacial score (nSPS) is 15.3. The molecule has 3 rings (SSSR count). The summed E-state index contributed by atoms with van der Waals surface area (Å²) in [4.78, 5) is 14.8. The van der Waals surface area contributed by atoms with Crippen LogP contribution in [0.25, 0.3) is 11.6 Å². The van der Waals surface area contributed by atoms with Crippen LogP contribution < -0.4 is 10.2 Å². The van der Waals surface area contributed by atoms with Crippen LogP contribution in [0, 0.1) is 11.3 Å². The van der Waals surface area contributed by atoms with E-state index in [-0.39, 0.29) is 11.1 Å². The van der Waals surface area contributed by atoms with E-state index in [1.807, 2.05) is 24.3 Å². The summed E-state index contributed by atoms with van der Waals surface area (Å²) in [6, 6.07) is 12.7. The number of nitriles is 1. The fourth-order valence-electron chi connectivity index (χ4n) is 3.35. The molecule has 0 radical (unpaired) electrons. The number of hydrogen-bond acceptors (Lipinski definition) is 3. The lowest BCUT2D eigenvalue weighted by atomic mass is 9.88. The van der Waals surface area contributed by atoms with Gasteiger partial charge >= 0.3 is 0 Å². The Kier molecular flexibility index (Phi) is 5.75. The van der Waals surface area contributed by atoms with Crippen LogP contribution in [0.3, 0.4) is 0 Å². The van der Waals surface area contributed by atoms with Crippen LogP contribution in [-0.2, 0) is 4.79 Å². The predicted molar refractivity (Wildman–Crippen MR) is 121 cm³/mol. The minimum Gasteiger partial charge on any atom is -0.366 e. The van der Waals surface area contributed by atoms with Gasteiger partial charge in [-0.05, 0) is 68.3 Å². The Hall–Kier alpha value is -2.74. The van der Waals surface area contributed by atoms with Crippen molar-refractivity contribution in [3.05, 3.63) is 69.2 Å². The van der Waals surface area contributed by atoms with E-state index < -0.39 is 5.91 Å². The zero-order chi connectivity index (χ0) is 21.3. The summed E-state index contributed by atoms with van der Waals surface area (Å²) in [5.74, 6) is -0.505. The number of carbonyl (C=O) groups excluding carboxylic acids is 1. The molecule has 2 aromatic rings. The molecular formula is C23H21Cl2N3O. The van der Waals surface area contributed by atoms with Gasteiger partial charge in [-0.25, -0.2) is 0 Å². The molecule has 1 aliphatic rings. The van der Waals surface area contributed by atoms with Gasteiger partial charge in [-0.15, -0.1) is 0 Å².